The summed E-state index contributed by atoms with van der Waals surface area (Å²) < 4.78 is 41.1. The largest absolute Gasteiger partial charge is 0.573 e. The summed E-state index contributed by atoms with van der Waals surface area (Å²) in [6.45, 7) is 5.77. The van der Waals surface area contributed by atoms with Crippen LogP contribution in [0.3, 0.4) is 0 Å². The molecule has 9 heteroatoms. The van der Waals surface area contributed by atoms with Crippen LogP contribution in [0, 0.1) is 0 Å². The minimum atomic E-state index is -4.66. The maximum atomic E-state index is 12.4. The van der Waals surface area contributed by atoms with Gasteiger partial charge < -0.3 is 10.1 Å². The molecule has 1 atom stereocenters. The van der Waals surface area contributed by atoms with E-state index in [1.165, 1.54) is 21.9 Å². The maximum absolute atomic E-state index is 12.4. The van der Waals surface area contributed by atoms with Crippen LogP contribution in [0.2, 0.25) is 0 Å². The Morgan fingerprint density at radius 1 is 1.07 bits per heavy atom. The molecular formula is C18H23Cl2F3N2OS. The van der Waals surface area contributed by atoms with Crippen LogP contribution in [0.5, 0.6) is 5.75 Å². The van der Waals surface area contributed by atoms with Crippen molar-refractivity contribution in [3.63, 3.8) is 0 Å². The van der Waals surface area contributed by atoms with Crippen molar-refractivity contribution < 1.29 is 17.9 Å². The van der Waals surface area contributed by atoms with Gasteiger partial charge in [-0.05, 0) is 36.2 Å². The van der Waals surface area contributed by atoms with E-state index >= 15 is 0 Å². The Hall–Kier alpha value is -0.990. The van der Waals surface area contributed by atoms with Gasteiger partial charge in [-0.1, -0.05) is 19.1 Å². The molecule has 3 rings (SSSR count). The topological polar surface area (TPSA) is 24.5 Å². The molecule has 3 nitrogen and oxygen atoms in total. The van der Waals surface area contributed by atoms with Gasteiger partial charge in [0.15, 0.2) is 0 Å². The molecule has 0 spiro atoms. The lowest BCUT2D eigenvalue weighted by Crippen LogP contribution is -2.45. The average Bonchev–Trinajstić information content (AvgIpc) is 3.05. The normalized spacial score (nSPS) is 16.1. The maximum Gasteiger partial charge on any atom is 0.573 e. The van der Waals surface area contributed by atoms with Crippen LogP contribution < -0.4 is 10.1 Å². The second-order valence-electron chi connectivity index (χ2n) is 5.96. The van der Waals surface area contributed by atoms with Crippen molar-refractivity contribution in [2.24, 2.45) is 0 Å². The predicted molar refractivity (Wildman–Crippen MR) is 108 cm³/mol. The van der Waals surface area contributed by atoms with Gasteiger partial charge in [0, 0.05) is 35.9 Å². The van der Waals surface area contributed by atoms with Gasteiger partial charge in [-0.25, -0.2) is 0 Å². The molecule has 0 aliphatic carbocycles. The second-order valence-corrected chi connectivity index (χ2v) is 7.16. The summed E-state index contributed by atoms with van der Waals surface area (Å²) in [5.41, 5.74) is 0.987. The molecule has 0 amide bonds. The van der Waals surface area contributed by atoms with Gasteiger partial charge in [0.05, 0.1) is 6.04 Å². The van der Waals surface area contributed by atoms with E-state index in [-0.39, 0.29) is 36.6 Å². The van der Waals surface area contributed by atoms with Crippen molar-refractivity contribution in [3.05, 3.63) is 51.7 Å². The quantitative estimate of drug-likeness (QED) is 0.700. The summed E-state index contributed by atoms with van der Waals surface area (Å²) in [7, 11) is 0. The van der Waals surface area contributed by atoms with Gasteiger partial charge in [-0.15, -0.1) is 49.3 Å². The van der Waals surface area contributed by atoms with E-state index in [9.17, 15) is 13.2 Å². The summed E-state index contributed by atoms with van der Waals surface area (Å²) in [6, 6.07) is 10.6. The molecule has 1 N–H and O–H groups in total. The van der Waals surface area contributed by atoms with Gasteiger partial charge >= 0.3 is 6.36 Å². The first kappa shape index (κ1) is 24.0. The molecule has 1 aliphatic rings. The van der Waals surface area contributed by atoms with Crippen molar-refractivity contribution in [3.8, 4) is 5.75 Å². The Balaban J connectivity index is 0.00000182. The van der Waals surface area contributed by atoms with E-state index in [0.29, 0.717) is 0 Å². The Labute approximate surface area is 173 Å². The van der Waals surface area contributed by atoms with Crippen molar-refractivity contribution in [2.45, 2.75) is 25.7 Å². The minimum absolute atomic E-state index is 0. The van der Waals surface area contributed by atoms with Crippen LogP contribution in [0.15, 0.2) is 36.4 Å². The monoisotopic (exact) mass is 442 g/mol. The van der Waals surface area contributed by atoms with E-state index in [2.05, 4.69) is 34.0 Å². The fraction of sp³-hybridized carbons (Fsp3) is 0.444. The third-order valence-electron chi connectivity index (χ3n) is 4.25. The summed E-state index contributed by atoms with van der Waals surface area (Å²) >= 11 is 1.77. The fourth-order valence-corrected chi connectivity index (χ4v) is 4.19. The number of hydrogen-bond acceptors (Lipinski definition) is 4. The number of alkyl halides is 3. The van der Waals surface area contributed by atoms with Gasteiger partial charge in [-0.2, -0.15) is 0 Å². The highest BCUT2D eigenvalue weighted by molar-refractivity contribution is 7.12. The van der Waals surface area contributed by atoms with Crippen LogP contribution >= 0.6 is 36.2 Å². The molecule has 2 heterocycles. The van der Waals surface area contributed by atoms with Gasteiger partial charge in [0.2, 0.25) is 0 Å². The van der Waals surface area contributed by atoms with E-state index in [0.717, 1.165) is 38.2 Å². The van der Waals surface area contributed by atoms with Crippen molar-refractivity contribution in [2.75, 3.05) is 26.2 Å². The Morgan fingerprint density at radius 2 is 1.70 bits per heavy atom. The lowest BCUT2D eigenvalue weighted by Gasteiger charge is -2.34. The Morgan fingerprint density at radius 3 is 2.22 bits per heavy atom. The molecule has 0 bridgehead atoms. The smallest absolute Gasteiger partial charge is 0.406 e. The Kier molecular flexibility index (Phi) is 9.38. The van der Waals surface area contributed by atoms with Crippen LogP contribution in [-0.2, 0) is 6.42 Å². The zero-order valence-corrected chi connectivity index (χ0v) is 17.2. The molecule has 0 radical (unpaired) electrons. The molecule has 1 aromatic heterocycles. The van der Waals surface area contributed by atoms with Gasteiger partial charge in [-0.3, -0.25) is 4.90 Å². The molecule has 0 unspecified atom stereocenters. The van der Waals surface area contributed by atoms with Crippen LogP contribution in [0.4, 0.5) is 13.2 Å². The SMILES string of the molecule is CCc1ccc([C@@H](c2ccc(OC(F)(F)F)cc2)N2CCNCC2)s1.Cl.Cl. The average molecular weight is 443 g/mol. The first-order valence-electron chi connectivity index (χ1n) is 8.35. The zero-order chi connectivity index (χ0) is 17.9. The first-order chi connectivity index (χ1) is 12.0. The summed E-state index contributed by atoms with van der Waals surface area (Å²) in [5, 5.41) is 3.34. The highest BCUT2D eigenvalue weighted by atomic mass is 35.5. The lowest BCUT2D eigenvalue weighted by atomic mass is 10.0. The molecule has 1 fully saturated rings. The number of piperazine rings is 1. The van der Waals surface area contributed by atoms with Gasteiger partial charge in [0.1, 0.15) is 5.75 Å². The van der Waals surface area contributed by atoms with E-state index in [1.807, 2.05) is 0 Å². The molecule has 0 saturated carbocycles. The molecule has 1 saturated heterocycles. The lowest BCUT2D eigenvalue weighted by molar-refractivity contribution is -0.274. The van der Waals surface area contributed by atoms with Crippen LogP contribution in [0.25, 0.3) is 0 Å². The summed E-state index contributed by atoms with van der Waals surface area (Å²) in [5.74, 6) is -0.185. The van der Waals surface area contributed by atoms with Crippen molar-refractivity contribution in [1.29, 1.82) is 0 Å². The number of hydrogen-bond donors (Lipinski definition) is 1. The highest BCUT2D eigenvalue weighted by Gasteiger charge is 2.31. The third-order valence-corrected chi connectivity index (χ3v) is 5.53. The molecule has 2 aromatic rings. The van der Waals surface area contributed by atoms with E-state index < -0.39 is 6.36 Å². The predicted octanol–water partition coefficient (Wildman–Crippen LogP) is 5.05. The number of rotatable bonds is 5. The molecule has 1 aromatic carbocycles. The van der Waals surface area contributed by atoms with Crippen molar-refractivity contribution >= 4 is 36.2 Å². The van der Waals surface area contributed by atoms with Crippen molar-refractivity contribution in [1.82, 2.24) is 10.2 Å². The number of halogens is 5. The Bertz CT molecular complexity index is 689. The van der Waals surface area contributed by atoms with Gasteiger partial charge in [0.25, 0.3) is 0 Å². The zero-order valence-electron chi connectivity index (χ0n) is 14.8. The summed E-state index contributed by atoms with van der Waals surface area (Å²) in [6.07, 6.45) is -3.68. The number of ether oxygens (including phenoxy) is 1. The van der Waals surface area contributed by atoms with E-state index in [4.69, 9.17) is 0 Å². The summed E-state index contributed by atoms with van der Waals surface area (Å²) in [4.78, 5) is 4.91. The standard InChI is InChI=1S/C18H21F3N2OS.2ClH/c1-2-15-7-8-16(25-15)17(23-11-9-22-10-12-23)13-3-5-14(6-4-13)24-18(19,20)21;;/h3-8,17,22H,2,9-12H2,1H3;2*1H/t17-;;/m1../s1. The molecule has 1 aliphatic heterocycles. The van der Waals surface area contributed by atoms with Crippen LogP contribution in [0.1, 0.15) is 28.3 Å². The first-order valence-corrected chi connectivity index (χ1v) is 9.17. The third kappa shape index (κ3) is 6.54. The molecular weight excluding hydrogens is 420 g/mol. The second kappa shape index (κ2) is 10.5. The van der Waals surface area contributed by atoms with E-state index in [1.54, 1.807) is 23.5 Å². The fourth-order valence-electron chi connectivity index (χ4n) is 3.08. The minimum Gasteiger partial charge on any atom is -0.406 e. The number of nitrogens with one attached hydrogen (secondary N) is 1. The highest BCUT2D eigenvalue weighted by Crippen LogP contribution is 2.35. The number of nitrogens with zero attached hydrogens (tertiary/aromatic N) is 1. The number of aryl methyl sites for hydroxylation is 1. The number of benzene rings is 1. The molecule has 152 valence electrons. The number of thiophene rings is 1. The molecule has 27 heavy (non-hydrogen) atoms. The van der Waals surface area contributed by atoms with Crippen LogP contribution in [-0.4, -0.2) is 37.4 Å².